The van der Waals surface area contributed by atoms with Gasteiger partial charge in [0.25, 0.3) is 0 Å². The predicted molar refractivity (Wildman–Crippen MR) is 17.9 cm³/mol. The SMILES string of the molecule is O=[Si].[Ba].[Sr]. The van der Waals surface area contributed by atoms with Crippen molar-refractivity contribution in [1.29, 1.82) is 0 Å². The van der Waals surface area contributed by atoms with E-state index in [0.717, 1.165) is 0 Å². The molecule has 0 aliphatic rings. The summed E-state index contributed by atoms with van der Waals surface area (Å²) in [6.07, 6.45) is 0. The monoisotopic (exact) mass is 270 g/mol. The summed E-state index contributed by atoms with van der Waals surface area (Å²) in [5.74, 6) is 0. The Labute approximate surface area is 106 Å². The third kappa shape index (κ3) is 8.91. The van der Waals surface area contributed by atoms with Gasteiger partial charge < -0.3 is 4.46 Å². The Kier molecular flexibility index (Phi) is 65.1. The van der Waals surface area contributed by atoms with Gasteiger partial charge in [0.1, 0.15) is 0 Å². The Bertz CT molecular complexity index is 8.00. The average Bonchev–Trinajstić information content (AvgIpc) is 1.00. The molecular weight excluding hydrogens is 269 g/mol. The molecule has 0 heterocycles. The van der Waals surface area contributed by atoms with E-state index in [-0.39, 0.29) is 94.4 Å². The molecule has 0 fully saturated rings. The van der Waals surface area contributed by atoms with E-state index in [1.807, 2.05) is 0 Å². The van der Waals surface area contributed by atoms with Crippen molar-refractivity contribution in [3.63, 3.8) is 0 Å². The molecule has 0 aromatic carbocycles. The van der Waals surface area contributed by atoms with Crippen molar-refractivity contribution in [2.75, 3.05) is 0 Å². The van der Waals surface area contributed by atoms with E-state index in [9.17, 15) is 0 Å². The molecule has 0 aromatic rings. The number of hydrogen-bond acceptors (Lipinski definition) is 1. The van der Waals surface area contributed by atoms with Crippen LogP contribution in [0.4, 0.5) is 0 Å². The Morgan fingerprint density at radius 3 is 1.25 bits per heavy atom. The largest absolute Gasteiger partial charge is 0.381 e. The summed E-state index contributed by atoms with van der Waals surface area (Å²) < 4.78 is 8.06. The van der Waals surface area contributed by atoms with Gasteiger partial charge in [0.15, 0.2) is 0 Å². The summed E-state index contributed by atoms with van der Waals surface area (Å²) >= 11 is 0. The van der Waals surface area contributed by atoms with Gasteiger partial charge in [-0.1, -0.05) is 0 Å². The Balaban J connectivity index is -0.00000000500. The first-order valence-electron chi connectivity index (χ1n) is 0.204. The number of rotatable bonds is 0. The van der Waals surface area contributed by atoms with Crippen LogP contribution >= 0.6 is 0 Å². The van der Waals surface area contributed by atoms with E-state index in [2.05, 4.69) is 0 Å². The fourth-order valence-corrected chi connectivity index (χ4v) is 0. The molecule has 0 aliphatic carbocycles. The van der Waals surface area contributed by atoms with Crippen molar-refractivity contribution >= 4 is 104 Å². The van der Waals surface area contributed by atoms with Crippen molar-refractivity contribution in [2.45, 2.75) is 0 Å². The molecule has 0 bridgehead atoms. The van der Waals surface area contributed by atoms with Crippen LogP contribution in [0.15, 0.2) is 0 Å². The quantitative estimate of drug-likeness (QED) is 0.502. The third-order valence-electron chi connectivity index (χ3n) is 0. The smallest absolute Gasteiger partial charge is 0.381 e. The standard InChI is InChI=1S/Ba.OSi.Sr/c;1-2;. The Hall–Kier alpha value is 3.07. The van der Waals surface area contributed by atoms with Gasteiger partial charge in [0, 0.05) is 94.4 Å². The molecule has 0 rings (SSSR count). The Morgan fingerprint density at radius 2 is 1.25 bits per heavy atom. The molecule has 0 unspecified atom stereocenters. The average molecular weight is 269 g/mol. The maximum absolute atomic E-state index is 8.06. The molecule has 0 aliphatic heterocycles. The van der Waals surface area contributed by atoms with Crippen LogP contribution in [-0.2, 0) is 4.46 Å². The summed E-state index contributed by atoms with van der Waals surface area (Å²) in [6.45, 7) is 0. The van der Waals surface area contributed by atoms with E-state index in [1.165, 1.54) is 0 Å². The maximum Gasteiger partial charge on any atom is 0.381 e. The summed E-state index contributed by atoms with van der Waals surface area (Å²) in [5.41, 5.74) is 0. The molecule has 0 N–H and O–H groups in total. The van der Waals surface area contributed by atoms with E-state index in [1.54, 1.807) is 10.1 Å². The number of hydrogen-bond donors (Lipinski definition) is 0. The first kappa shape index (κ1) is 15.7. The fraction of sp³-hybridized carbons (Fsp3) is 0. The molecule has 0 amide bonds. The van der Waals surface area contributed by atoms with E-state index >= 15 is 0 Å². The van der Waals surface area contributed by atoms with Crippen LogP contribution in [0.1, 0.15) is 0 Å². The van der Waals surface area contributed by atoms with Gasteiger partial charge in [0.2, 0.25) is 0 Å². The second-order valence-corrected chi connectivity index (χ2v) is 0. The van der Waals surface area contributed by atoms with Gasteiger partial charge in [-0.05, 0) is 0 Å². The molecule has 0 saturated carbocycles. The molecule has 0 saturated heterocycles. The van der Waals surface area contributed by atoms with Gasteiger partial charge in [-0.3, -0.25) is 0 Å². The summed E-state index contributed by atoms with van der Waals surface area (Å²) in [5, 5.41) is 0. The van der Waals surface area contributed by atoms with Gasteiger partial charge in [-0.15, -0.1) is 0 Å². The summed E-state index contributed by atoms with van der Waals surface area (Å²) in [7, 11) is 1.72. The molecule has 14 valence electrons. The first-order valence-corrected chi connectivity index (χ1v) is 0.612. The van der Waals surface area contributed by atoms with Crippen LogP contribution in [0.2, 0.25) is 0 Å². The van der Waals surface area contributed by atoms with Gasteiger partial charge in [0.05, 0.1) is 0 Å². The topological polar surface area (TPSA) is 17.1 Å². The van der Waals surface area contributed by atoms with Crippen LogP contribution in [0.5, 0.6) is 0 Å². The minimum Gasteiger partial charge on any atom is -0.381 e. The van der Waals surface area contributed by atoms with Crippen LogP contribution < -0.4 is 0 Å². The second kappa shape index (κ2) is 16.6. The molecule has 1 nitrogen and oxygen atoms in total. The van der Waals surface area contributed by atoms with Gasteiger partial charge >= 0.3 is 10.1 Å². The van der Waals surface area contributed by atoms with Crippen molar-refractivity contribution in [3.05, 3.63) is 0 Å². The summed E-state index contributed by atoms with van der Waals surface area (Å²) in [6, 6.07) is 0. The molecule has 4 heavy (non-hydrogen) atoms. The van der Waals surface area contributed by atoms with E-state index < -0.39 is 0 Å². The second-order valence-electron chi connectivity index (χ2n) is 0. The molecule has 6 radical (unpaired) electrons. The normalized spacial score (nSPS) is 1.00. The molecule has 0 aromatic heterocycles. The zero-order valence-electron chi connectivity index (χ0n) is 2.32. The van der Waals surface area contributed by atoms with Crippen LogP contribution in [0.25, 0.3) is 0 Å². The minimum atomic E-state index is 0. The van der Waals surface area contributed by atoms with Gasteiger partial charge in [-0.25, -0.2) is 0 Å². The Morgan fingerprint density at radius 1 is 1.25 bits per heavy atom. The van der Waals surface area contributed by atoms with Crippen LogP contribution in [0.3, 0.4) is 0 Å². The van der Waals surface area contributed by atoms with Crippen molar-refractivity contribution in [1.82, 2.24) is 0 Å². The third-order valence-corrected chi connectivity index (χ3v) is 0. The first-order chi connectivity index (χ1) is 1.00. The van der Waals surface area contributed by atoms with Gasteiger partial charge in [-0.2, -0.15) is 0 Å². The van der Waals surface area contributed by atoms with Crippen molar-refractivity contribution in [3.8, 4) is 0 Å². The van der Waals surface area contributed by atoms with E-state index in [4.69, 9.17) is 4.46 Å². The zero-order chi connectivity index (χ0) is 2.00. The molecule has 4 heteroatoms. The molecule has 0 spiro atoms. The fourth-order valence-electron chi connectivity index (χ4n) is 0. The molecule has 0 atom stereocenters. The van der Waals surface area contributed by atoms with Crippen molar-refractivity contribution < 1.29 is 4.46 Å². The minimum absolute atomic E-state index is 0. The summed E-state index contributed by atoms with van der Waals surface area (Å²) in [4.78, 5) is 0. The predicted octanol–water partition coefficient (Wildman–Crippen LogP) is -1.26. The molecular formula is BaOSiSr. The van der Waals surface area contributed by atoms with Crippen LogP contribution in [-0.4, -0.2) is 104 Å². The van der Waals surface area contributed by atoms with E-state index in [0.29, 0.717) is 0 Å². The zero-order valence-corrected chi connectivity index (χ0v) is 11.2. The maximum atomic E-state index is 8.06. The van der Waals surface area contributed by atoms with Crippen LogP contribution in [0, 0.1) is 0 Å². The van der Waals surface area contributed by atoms with Crippen molar-refractivity contribution in [2.24, 2.45) is 0 Å².